The van der Waals surface area contributed by atoms with Crippen molar-refractivity contribution in [1.29, 1.82) is 0 Å². The number of hydrogen-bond acceptors (Lipinski definition) is 8. The Balaban J connectivity index is 1.85. The van der Waals surface area contributed by atoms with Gasteiger partial charge in [-0.1, -0.05) is 6.07 Å². The highest BCUT2D eigenvalue weighted by atomic mass is 32.1. The van der Waals surface area contributed by atoms with E-state index < -0.39 is 10.6 Å². The summed E-state index contributed by atoms with van der Waals surface area (Å²) in [5.41, 5.74) is 2.23. The van der Waals surface area contributed by atoms with E-state index in [0.717, 1.165) is 21.2 Å². The second kappa shape index (κ2) is 5.52. The van der Waals surface area contributed by atoms with E-state index in [9.17, 15) is 9.59 Å². The van der Waals surface area contributed by atoms with Crippen LogP contribution in [0.15, 0.2) is 58.7 Å². The van der Waals surface area contributed by atoms with Crippen LogP contribution in [0.5, 0.6) is 0 Å². The normalized spacial score (nSPS) is 11.6. The van der Waals surface area contributed by atoms with E-state index in [1.807, 2.05) is 23.6 Å². The van der Waals surface area contributed by atoms with E-state index in [2.05, 4.69) is 4.37 Å². The molecule has 128 valence electrons. The molecule has 26 heavy (non-hydrogen) atoms. The zero-order valence-corrected chi connectivity index (χ0v) is 14.9. The number of hydrogen-bond donors (Lipinski definition) is 0. The molecular weight excluding hydrogens is 374 g/mol. The molecule has 1 aromatic carbocycles. The molecule has 0 bridgehead atoms. The number of aromatic nitrogens is 1. The van der Waals surface area contributed by atoms with Crippen LogP contribution in [0.2, 0.25) is 0 Å². The second-order valence-corrected chi connectivity index (χ2v) is 7.35. The average Bonchev–Trinajstić information content (AvgIpc) is 3.33. The monoisotopic (exact) mass is 383 g/mol. The number of thiophene rings is 1. The largest absolute Gasteiger partial charge is 0.464 e. The fourth-order valence-corrected chi connectivity index (χ4v) is 4.18. The minimum atomic E-state index is -0.603. The van der Waals surface area contributed by atoms with E-state index in [0.29, 0.717) is 28.3 Å². The Hall–Kier alpha value is -2.97. The molecule has 0 fully saturated rings. The lowest BCUT2D eigenvalue weighted by Gasteiger charge is -2.05. The molecule has 0 radical (unpaired) electrons. The van der Waals surface area contributed by atoms with Gasteiger partial charge in [0.2, 0.25) is 5.89 Å². The van der Waals surface area contributed by atoms with Crippen molar-refractivity contribution < 1.29 is 13.3 Å². The molecule has 0 N–H and O–H groups in total. The molecule has 0 saturated carbocycles. The fraction of sp³-hybridized carbons (Fsp3) is 0.0556. The maximum atomic E-state index is 12.4. The quantitative estimate of drug-likeness (QED) is 0.412. The lowest BCUT2D eigenvalue weighted by atomic mass is 10.0. The molecule has 4 heterocycles. The second-order valence-electron chi connectivity index (χ2n) is 5.70. The van der Waals surface area contributed by atoms with Gasteiger partial charge in [-0.15, -0.1) is 15.7 Å². The van der Waals surface area contributed by atoms with Crippen LogP contribution in [0.1, 0.15) is 5.56 Å². The Bertz CT molecular complexity index is 1390. The first-order valence-corrected chi connectivity index (χ1v) is 9.27. The third-order valence-corrected chi connectivity index (χ3v) is 5.64. The third-order valence-electron chi connectivity index (χ3n) is 4.25. The van der Waals surface area contributed by atoms with Crippen molar-refractivity contribution in [3.63, 3.8) is 0 Å². The van der Waals surface area contributed by atoms with Gasteiger partial charge in [0.1, 0.15) is 23.0 Å². The van der Waals surface area contributed by atoms with Crippen molar-refractivity contribution in [2.45, 2.75) is 6.92 Å². The summed E-state index contributed by atoms with van der Waals surface area (Å²) in [6.45, 7) is 1.78. The molecule has 8 heteroatoms. The van der Waals surface area contributed by atoms with Gasteiger partial charge in [0.25, 0.3) is 0 Å². The number of rotatable bonds is 2. The van der Waals surface area contributed by atoms with Crippen molar-refractivity contribution in [3.8, 4) is 21.9 Å². The zero-order valence-electron chi connectivity index (χ0n) is 13.3. The summed E-state index contributed by atoms with van der Waals surface area (Å²) >= 11 is 2.28. The Kier molecular flexibility index (Phi) is 3.25. The maximum Gasteiger partial charge on any atom is 0.414 e. The first-order valence-electron chi connectivity index (χ1n) is 7.61. The summed E-state index contributed by atoms with van der Waals surface area (Å²) in [6, 6.07) is 7.63. The van der Waals surface area contributed by atoms with Crippen molar-refractivity contribution in [2.24, 2.45) is 0 Å². The lowest BCUT2D eigenvalue weighted by Crippen LogP contribution is -2.06. The highest BCUT2D eigenvalue weighted by molar-refractivity contribution is 7.13. The van der Waals surface area contributed by atoms with E-state index in [4.69, 9.17) is 13.3 Å². The van der Waals surface area contributed by atoms with E-state index >= 15 is 0 Å². The van der Waals surface area contributed by atoms with Crippen LogP contribution in [-0.2, 0) is 0 Å². The standard InChI is InChI=1S/C18H9NO5S2/c1-8-9-5-10-11(14-3-2-4-25-14)7-22-12(10)6-13(9)23-17(20)15(8)16-19-26-18(21)24-16/h2-7H,1H3. The van der Waals surface area contributed by atoms with Gasteiger partial charge in [0.05, 0.1) is 11.5 Å². The molecule has 4 aromatic heterocycles. The highest BCUT2D eigenvalue weighted by Gasteiger charge is 2.20. The Morgan fingerprint density at radius 2 is 1.96 bits per heavy atom. The van der Waals surface area contributed by atoms with Crippen LogP contribution >= 0.6 is 22.9 Å². The van der Waals surface area contributed by atoms with Crippen LogP contribution in [0.3, 0.4) is 0 Å². The highest BCUT2D eigenvalue weighted by Crippen LogP contribution is 2.37. The van der Waals surface area contributed by atoms with Crippen molar-refractivity contribution >= 4 is 44.8 Å². The Labute approximate surface area is 153 Å². The number of nitrogens with zero attached hydrogens (tertiary/aromatic N) is 1. The average molecular weight is 383 g/mol. The summed E-state index contributed by atoms with van der Waals surface area (Å²) in [4.78, 5) is 24.2. The molecule has 0 amide bonds. The maximum absolute atomic E-state index is 12.4. The molecule has 5 rings (SSSR count). The van der Waals surface area contributed by atoms with Crippen LogP contribution < -0.4 is 10.6 Å². The van der Waals surface area contributed by atoms with Gasteiger partial charge in [-0.2, -0.15) is 0 Å². The van der Waals surface area contributed by atoms with Crippen LogP contribution in [0, 0.1) is 6.92 Å². The predicted molar refractivity (Wildman–Crippen MR) is 99.9 cm³/mol. The molecular formula is C18H9NO5S2. The minimum Gasteiger partial charge on any atom is -0.464 e. The van der Waals surface area contributed by atoms with Gasteiger partial charge < -0.3 is 13.3 Å². The molecule has 0 atom stereocenters. The number of fused-ring (bicyclic) bond motifs is 2. The first-order chi connectivity index (χ1) is 12.6. The number of furan rings is 1. The van der Waals surface area contributed by atoms with Gasteiger partial charge in [0, 0.05) is 27.3 Å². The topological polar surface area (TPSA) is 86.5 Å². The predicted octanol–water partition coefficient (Wildman–Crippen LogP) is 4.65. The van der Waals surface area contributed by atoms with E-state index in [1.54, 1.807) is 30.6 Å². The van der Waals surface area contributed by atoms with Gasteiger partial charge in [-0.25, -0.2) is 9.59 Å². The first kappa shape index (κ1) is 15.3. The van der Waals surface area contributed by atoms with Crippen molar-refractivity contribution in [1.82, 2.24) is 4.37 Å². The zero-order chi connectivity index (χ0) is 17.8. The van der Waals surface area contributed by atoms with Gasteiger partial charge >= 0.3 is 10.6 Å². The molecule has 0 spiro atoms. The third kappa shape index (κ3) is 2.19. The summed E-state index contributed by atoms with van der Waals surface area (Å²) in [5, 5.41) is 3.66. The molecule has 0 aliphatic heterocycles. The Morgan fingerprint density at radius 3 is 2.69 bits per heavy atom. The Morgan fingerprint density at radius 1 is 1.08 bits per heavy atom. The van der Waals surface area contributed by atoms with Crippen molar-refractivity contribution in [3.05, 3.63) is 61.6 Å². The van der Waals surface area contributed by atoms with Gasteiger partial charge in [-0.05, 0) is 30.0 Å². The summed E-state index contributed by atoms with van der Waals surface area (Å²) in [6.07, 6.45) is 1.70. The number of benzene rings is 1. The molecule has 0 saturated heterocycles. The summed E-state index contributed by atoms with van der Waals surface area (Å²) in [5.74, 6) is -0.0149. The summed E-state index contributed by atoms with van der Waals surface area (Å²) in [7, 11) is 0. The summed E-state index contributed by atoms with van der Waals surface area (Å²) < 4.78 is 20.0. The SMILES string of the molecule is Cc1c(-c2nsc(=O)o2)c(=O)oc2cc3occ(-c4cccs4)c3cc12. The minimum absolute atomic E-state index is 0.0149. The van der Waals surface area contributed by atoms with Crippen LogP contribution in [0.4, 0.5) is 0 Å². The van der Waals surface area contributed by atoms with Crippen molar-refractivity contribution in [2.75, 3.05) is 0 Å². The number of aryl methyl sites for hydroxylation is 1. The van der Waals surface area contributed by atoms with Gasteiger partial charge in [-0.3, -0.25) is 0 Å². The van der Waals surface area contributed by atoms with Crippen LogP contribution in [0.25, 0.3) is 43.8 Å². The van der Waals surface area contributed by atoms with E-state index in [-0.39, 0.29) is 11.5 Å². The van der Waals surface area contributed by atoms with E-state index in [1.165, 1.54) is 0 Å². The molecule has 0 aliphatic rings. The fourth-order valence-electron chi connectivity index (χ4n) is 3.03. The lowest BCUT2D eigenvalue weighted by molar-refractivity contribution is 0.525. The molecule has 6 nitrogen and oxygen atoms in total. The molecule has 0 aliphatic carbocycles. The van der Waals surface area contributed by atoms with Gasteiger partial charge in [0.15, 0.2) is 0 Å². The molecule has 5 aromatic rings. The molecule has 0 unspecified atom stereocenters. The van der Waals surface area contributed by atoms with Crippen LogP contribution in [-0.4, -0.2) is 4.37 Å². The smallest absolute Gasteiger partial charge is 0.414 e.